The molecule has 82 valence electrons. The first-order valence-electron chi connectivity index (χ1n) is 5.61. The molecule has 0 saturated heterocycles. The van der Waals surface area contributed by atoms with Gasteiger partial charge in [-0.25, -0.2) is 0 Å². The van der Waals surface area contributed by atoms with Gasteiger partial charge in [-0.3, -0.25) is 9.97 Å². The van der Waals surface area contributed by atoms with E-state index in [9.17, 15) is 0 Å². The summed E-state index contributed by atoms with van der Waals surface area (Å²) in [5.41, 5.74) is 4.39. The van der Waals surface area contributed by atoms with E-state index in [-0.39, 0.29) is 0 Å². The van der Waals surface area contributed by atoms with E-state index in [1.165, 1.54) is 10.9 Å². The second kappa shape index (κ2) is 3.98. The van der Waals surface area contributed by atoms with Crippen LogP contribution in [0.5, 0.6) is 0 Å². The topological polar surface area (TPSA) is 25.8 Å². The highest BCUT2D eigenvalue weighted by Crippen LogP contribution is 2.27. The summed E-state index contributed by atoms with van der Waals surface area (Å²) >= 11 is 0. The molecule has 17 heavy (non-hydrogen) atoms. The molecular weight excluding hydrogens is 208 g/mol. The highest BCUT2D eigenvalue weighted by atomic mass is 14.7. The largest absolute Gasteiger partial charge is 0.264 e. The lowest BCUT2D eigenvalue weighted by atomic mass is 10.0. The summed E-state index contributed by atoms with van der Waals surface area (Å²) in [5.74, 6) is 0. The van der Waals surface area contributed by atoms with Crippen LogP contribution in [0.25, 0.3) is 22.0 Å². The number of hydrogen-bond acceptors (Lipinski definition) is 2. The lowest BCUT2D eigenvalue weighted by Crippen LogP contribution is -1.88. The molecule has 0 fully saturated rings. The zero-order valence-electron chi connectivity index (χ0n) is 9.59. The van der Waals surface area contributed by atoms with E-state index in [2.05, 4.69) is 28.2 Å². The Kier molecular flexibility index (Phi) is 2.33. The number of benzene rings is 1. The van der Waals surface area contributed by atoms with Crippen LogP contribution in [0.2, 0.25) is 0 Å². The quantitative estimate of drug-likeness (QED) is 0.626. The Labute approximate surface area is 100.0 Å². The Hall–Kier alpha value is -2.22. The fourth-order valence-corrected chi connectivity index (χ4v) is 2.07. The standard InChI is InChI=1S/C15H12N2/c1-11-9-14(12-5-4-8-16-10-12)13-6-2-3-7-15(13)17-11/h2-10H,1H3. The molecule has 0 atom stereocenters. The molecule has 0 unspecified atom stereocenters. The molecule has 2 nitrogen and oxygen atoms in total. The zero-order chi connectivity index (χ0) is 11.7. The summed E-state index contributed by atoms with van der Waals surface area (Å²) in [6, 6.07) is 14.3. The maximum atomic E-state index is 4.54. The summed E-state index contributed by atoms with van der Waals surface area (Å²) < 4.78 is 0. The number of aromatic nitrogens is 2. The van der Waals surface area contributed by atoms with Crippen molar-refractivity contribution in [1.29, 1.82) is 0 Å². The van der Waals surface area contributed by atoms with Gasteiger partial charge < -0.3 is 0 Å². The molecule has 2 heteroatoms. The molecule has 2 aromatic heterocycles. The van der Waals surface area contributed by atoms with Crippen LogP contribution in [0.15, 0.2) is 54.9 Å². The van der Waals surface area contributed by atoms with Crippen LogP contribution in [0, 0.1) is 6.92 Å². The van der Waals surface area contributed by atoms with E-state index in [1.54, 1.807) is 6.20 Å². The molecule has 1 aromatic carbocycles. The van der Waals surface area contributed by atoms with Crippen molar-refractivity contribution in [3.05, 3.63) is 60.6 Å². The molecule has 0 amide bonds. The molecule has 2 heterocycles. The Morgan fingerprint density at radius 2 is 1.88 bits per heavy atom. The Morgan fingerprint density at radius 1 is 1.00 bits per heavy atom. The Morgan fingerprint density at radius 3 is 2.71 bits per heavy atom. The number of rotatable bonds is 1. The van der Waals surface area contributed by atoms with Crippen molar-refractivity contribution in [2.75, 3.05) is 0 Å². The van der Waals surface area contributed by atoms with E-state index >= 15 is 0 Å². The predicted octanol–water partition coefficient (Wildman–Crippen LogP) is 3.61. The van der Waals surface area contributed by atoms with E-state index < -0.39 is 0 Å². The van der Waals surface area contributed by atoms with Gasteiger partial charge in [0, 0.05) is 29.0 Å². The number of aryl methyl sites for hydroxylation is 1. The van der Waals surface area contributed by atoms with Crippen molar-refractivity contribution in [2.45, 2.75) is 6.92 Å². The van der Waals surface area contributed by atoms with Gasteiger partial charge in [-0.2, -0.15) is 0 Å². The molecule has 0 N–H and O–H groups in total. The van der Waals surface area contributed by atoms with Gasteiger partial charge in [-0.05, 0) is 30.7 Å². The van der Waals surface area contributed by atoms with Gasteiger partial charge in [0.1, 0.15) is 0 Å². The average Bonchev–Trinajstić information content (AvgIpc) is 2.39. The summed E-state index contributed by atoms with van der Waals surface area (Å²) in [7, 11) is 0. The lowest BCUT2D eigenvalue weighted by Gasteiger charge is -2.07. The molecule has 3 rings (SSSR count). The molecule has 0 aliphatic carbocycles. The fourth-order valence-electron chi connectivity index (χ4n) is 2.07. The van der Waals surface area contributed by atoms with Crippen LogP contribution in [0.4, 0.5) is 0 Å². The molecule has 0 aliphatic heterocycles. The number of hydrogen-bond donors (Lipinski definition) is 0. The number of nitrogens with zero attached hydrogens (tertiary/aromatic N) is 2. The van der Waals surface area contributed by atoms with Gasteiger partial charge in [0.05, 0.1) is 5.52 Å². The highest BCUT2D eigenvalue weighted by molar-refractivity contribution is 5.94. The molecule has 0 saturated carbocycles. The first-order valence-corrected chi connectivity index (χ1v) is 5.61. The van der Waals surface area contributed by atoms with Gasteiger partial charge in [0.2, 0.25) is 0 Å². The van der Waals surface area contributed by atoms with Crippen LogP contribution < -0.4 is 0 Å². The van der Waals surface area contributed by atoms with Crippen molar-refractivity contribution in [3.63, 3.8) is 0 Å². The smallest absolute Gasteiger partial charge is 0.0711 e. The molecule has 0 radical (unpaired) electrons. The summed E-state index contributed by atoms with van der Waals surface area (Å²) in [6.07, 6.45) is 3.68. The average molecular weight is 220 g/mol. The zero-order valence-corrected chi connectivity index (χ0v) is 9.59. The maximum absolute atomic E-state index is 4.54. The number of pyridine rings is 2. The van der Waals surface area contributed by atoms with Crippen molar-refractivity contribution < 1.29 is 0 Å². The van der Waals surface area contributed by atoms with Crippen LogP contribution in [-0.2, 0) is 0 Å². The molecular formula is C15H12N2. The van der Waals surface area contributed by atoms with E-state index in [1.807, 2.05) is 37.4 Å². The first-order chi connectivity index (χ1) is 8.34. The molecule has 0 aliphatic rings. The molecule has 0 bridgehead atoms. The third-order valence-corrected chi connectivity index (χ3v) is 2.82. The lowest BCUT2D eigenvalue weighted by molar-refractivity contribution is 1.25. The van der Waals surface area contributed by atoms with Crippen molar-refractivity contribution >= 4 is 10.9 Å². The van der Waals surface area contributed by atoms with Crippen molar-refractivity contribution in [1.82, 2.24) is 9.97 Å². The van der Waals surface area contributed by atoms with Crippen molar-refractivity contribution in [2.24, 2.45) is 0 Å². The minimum atomic E-state index is 1.03. The van der Waals surface area contributed by atoms with Gasteiger partial charge in [0.15, 0.2) is 0 Å². The molecule has 3 aromatic rings. The van der Waals surface area contributed by atoms with E-state index in [4.69, 9.17) is 0 Å². The third kappa shape index (κ3) is 1.78. The maximum Gasteiger partial charge on any atom is 0.0711 e. The SMILES string of the molecule is Cc1cc(-c2cccnc2)c2ccccc2n1. The van der Waals surface area contributed by atoms with Gasteiger partial charge in [-0.1, -0.05) is 24.3 Å². The Bertz CT molecular complexity index is 660. The fraction of sp³-hybridized carbons (Fsp3) is 0.0667. The number of fused-ring (bicyclic) bond motifs is 1. The summed E-state index contributed by atoms with van der Waals surface area (Å²) in [6.45, 7) is 2.02. The van der Waals surface area contributed by atoms with Crippen LogP contribution in [-0.4, -0.2) is 9.97 Å². The summed E-state index contributed by atoms with van der Waals surface area (Å²) in [4.78, 5) is 8.72. The Balaban J connectivity index is 2.36. The second-order valence-corrected chi connectivity index (χ2v) is 4.07. The minimum Gasteiger partial charge on any atom is -0.264 e. The third-order valence-electron chi connectivity index (χ3n) is 2.82. The monoisotopic (exact) mass is 220 g/mol. The second-order valence-electron chi connectivity index (χ2n) is 4.07. The van der Waals surface area contributed by atoms with Gasteiger partial charge >= 0.3 is 0 Å². The first kappa shape index (κ1) is 9.97. The van der Waals surface area contributed by atoms with Gasteiger partial charge in [-0.15, -0.1) is 0 Å². The summed E-state index contributed by atoms with van der Waals surface area (Å²) in [5, 5.41) is 1.17. The van der Waals surface area contributed by atoms with Crippen LogP contribution in [0.1, 0.15) is 5.69 Å². The van der Waals surface area contributed by atoms with Gasteiger partial charge in [0.25, 0.3) is 0 Å². The number of para-hydroxylation sites is 1. The van der Waals surface area contributed by atoms with E-state index in [0.29, 0.717) is 0 Å². The van der Waals surface area contributed by atoms with Crippen LogP contribution in [0.3, 0.4) is 0 Å². The predicted molar refractivity (Wildman–Crippen MR) is 69.7 cm³/mol. The minimum absolute atomic E-state index is 1.03. The normalized spacial score (nSPS) is 10.6. The van der Waals surface area contributed by atoms with Crippen molar-refractivity contribution in [3.8, 4) is 11.1 Å². The van der Waals surface area contributed by atoms with E-state index in [0.717, 1.165) is 16.8 Å². The highest BCUT2D eigenvalue weighted by Gasteiger charge is 2.05. The van der Waals surface area contributed by atoms with Crippen LogP contribution >= 0.6 is 0 Å². The molecule has 0 spiro atoms.